The second kappa shape index (κ2) is 4.87. The third-order valence-corrected chi connectivity index (χ3v) is 2.51. The zero-order chi connectivity index (χ0) is 13.1. The van der Waals surface area contributed by atoms with Gasteiger partial charge < -0.3 is 16.2 Å². The number of phenolic OH excluding ortho intramolecular Hbond substituents is 1. The number of hydrogen-bond donors (Lipinski definition) is 3. The van der Waals surface area contributed by atoms with Gasteiger partial charge in [-0.25, -0.2) is 14.4 Å². The number of rotatable bonds is 3. The van der Waals surface area contributed by atoms with E-state index in [1.165, 1.54) is 12.4 Å². The fraction of sp³-hybridized carbons (Fsp3) is 0.167. The summed E-state index contributed by atoms with van der Waals surface area (Å²) in [7, 11) is 0. The lowest BCUT2D eigenvalue weighted by atomic mass is 10.2. The van der Waals surface area contributed by atoms with Crippen molar-refractivity contribution >= 4 is 11.5 Å². The fourth-order valence-corrected chi connectivity index (χ4v) is 1.51. The molecule has 5 nitrogen and oxygen atoms in total. The van der Waals surface area contributed by atoms with Crippen LogP contribution in [0.5, 0.6) is 5.75 Å². The maximum Gasteiger partial charge on any atom is 0.186 e. The molecule has 0 fully saturated rings. The van der Waals surface area contributed by atoms with Crippen molar-refractivity contribution in [2.75, 3.05) is 11.1 Å². The number of nitrogens with one attached hydrogen (secondary N) is 1. The Bertz CT molecular complexity index is 572. The van der Waals surface area contributed by atoms with Crippen LogP contribution >= 0.6 is 0 Å². The number of phenols is 1. The first-order valence-electron chi connectivity index (χ1n) is 5.36. The third kappa shape index (κ3) is 2.48. The molecule has 0 aliphatic heterocycles. The summed E-state index contributed by atoms with van der Waals surface area (Å²) in [6.07, 6.45) is 1.28. The molecule has 18 heavy (non-hydrogen) atoms. The molecule has 0 bridgehead atoms. The molecule has 0 amide bonds. The minimum atomic E-state index is -0.499. The predicted octanol–water partition coefficient (Wildman–Crippen LogP) is 1.82. The van der Waals surface area contributed by atoms with Crippen LogP contribution in [-0.2, 0) is 6.54 Å². The summed E-state index contributed by atoms with van der Waals surface area (Å²) >= 11 is 0. The predicted molar refractivity (Wildman–Crippen MR) is 66.6 cm³/mol. The van der Waals surface area contributed by atoms with Gasteiger partial charge in [-0.3, -0.25) is 0 Å². The molecule has 1 heterocycles. The average molecular weight is 248 g/mol. The van der Waals surface area contributed by atoms with E-state index in [2.05, 4.69) is 15.3 Å². The van der Waals surface area contributed by atoms with Crippen LogP contribution in [-0.4, -0.2) is 15.1 Å². The quantitative estimate of drug-likeness (QED) is 0.570. The molecule has 0 aliphatic rings. The fourth-order valence-electron chi connectivity index (χ4n) is 1.51. The highest BCUT2D eigenvalue weighted by atomic mass is 19.1. The molecule has 1 aromatic carbocycles. The van der Waals surface area contributed by atoms with E-state index in [-0.39, 0.29) is 23.8 Å². The van der Waals surface area contributed by atoms with Gasteiger partial charge in [-0.05, 0) is 25.1 Å². The Morgan fingerprint density at radius 1 is 1.39 bits per heavy atom. The molecule has 1 aromatic heterocycles. The Labute approximate surface area is 104 Å². The second-order valence-electron chi connectivity index (χ2n) is 3.86. The van der Waals surface area contributed by atoms with E-state index in [0.717, 1.165) is 0 Å². The minimum absolute atomic E-state index is 0.0999. The van der Waals surface area contributed by atoms with Crippen molar-refractivity contribution in [3.8, 4) is 5.75 Å². The molecule has 0 radical (unpaired) electrons. The molecule has 2 rings (SSSR count). The minimum Gasteiger partial charge on any atom is -0.508 e. The van der Waals surface area contributed by atoms with Crippen LogP contribution in [0.4, 0.5) is 15.9 Å². The first-order valence-corrected chi connectivity index (χ1v) is 5.36. The SMILES string of the molecule is Cc1ncnc(NCc2cc(N)ccc2O)c1F. The number of anilines is 2. The first kappa shape index (κ1) is 12.1. The van der Waals surface area contributed by atoms with Gasteiger partial charge in [0.1, 0.15) is 12.1 Å². The third-order valence-electron chi connectivity index (χ3n) is 2.51. The Morgan fingerprint density at radius 2 is 2.17 bits per heavy atom. The average Bonchev–Trinajstić information content (AvgIpc) is 2.35. The summed E-state index contributed by atoms with van der Waals surface area (Å²) < 4.78 is 13.6. The Morgan fingerprint density at radius 3 is 2.94 bits per heavy atom. The lowest BCUT2D eigenvalue weighted by Gasteiger charge is -2.09. The number of nitrogens with two attached hydrogens (primary N) is 1. The lowest BCUT2D eigenvalue weighted by molar-refractivity contribution is 0.469. The van der Waals surface area contributed by atoms with Gasteiger partial charge in [0.2, 0.25) is 0 Å². The van der Waals surface area contributed by atoms with E-state index in [1.807, 2.05) is 0 Å². The number of halogens is 1. The van der Waals surface area contributed by atoms with E-state index < -0.39 is 5.82 Å². The summed E-state index contributed by atoms with van der Waals surface area (Å²) in [5, 5.41) is 12.4. The van der Waals surface area contributed by atoms with Gasteiger partial charge in [0.15, 0.2) is 11.6 Å². The molecular weight excluding hydrogens is 235 g/mol. The molecular formula is C12H13FN4O. The summed E-state index contributed by atoms with van der Waals surface area (Å²) in [5.74, 6) is -0.298. The molecule has 0 saturated heterocycles. The maximum absolute atomic E-state index is 13.6. The summed E-state index contributed by atoms with van der Waals surface area (Å²) in [6.45, 7) is 1.78. The van der Waals surface area contributed by atoms with Crippen LogP contribution in [0.25, 0.3) is 0 Å². The smallest absolute Gasteiger partial charge is 0.186 e. The lowest BCUT2D eigenvalue weighted by Crippen LogP contribution is -2.06. The number of nitrogen functional groups attached to an aromatic ring is 1. The van der Waals surface area contributed by atoms with E-state index >= 15 is 0 Å². The molecule has 2 aromatic rings. The van der Waals surface area contributed by atoms with Crippen LogP contribution in [0.3, 0.4) is 0 Å². The summed E-state index contributed by atoms with van der Waals surface area (Å²) in [5.41, 5.74) is 6.99. The van der Waals surface area contributed by atoms with Crippen LogP contribution in [0.1, 0.15) is 11.3 Å². The van der Waals surface area contributed by atoms with E-state index in [0.29, 0.717) is 11.3 Å². The number of nitrogens with zero attached hydrogens (tertiary/aromatic N) is 2. The molecule has 0 saturated carbocycles. The van der Waals surface area contributed by atoms with Crippen molar-refractivity contribution in [3.05, 3.63) is 41.6 Å². The Hall–Kier alpha value is -2.37. The molecule has 94 valence electrons. The zero-order valence-corrected chi connectivity index (χ0v) is 9.81. The highest BCUT2D eigenvalue weighted by Gasteiger charge is 2.08. The van der Waals surface area contributed by atoms with Crippen LogP contribution in [0.2, 0.25) is 0 Å². The van der Waals surface area contributed by atoms with Crippen molar-refractivity contribution in [1.82, 2.24) is 9.97 Å². The Balaban J connectivity index is 2.16. The van der Waals surface area contributed by atoms with E-state index in [4.69, 9.17) is 5.73 Å². The number of aryl methyl sites for hydroxylation is 1. The van der Waals surface area contributed by atoms with Crippen molar-refractivity contribution < 1.29 is 9.50 Å². The van der Waals surface area contributed by atoms with Crippen LogP contribution in [0, 0.1) is 12.7 Å². The van der Waals surface area contributed by atoms with Gasteiger partial charge in [-0.15, -0.1) is 0 Å². The number of hydrogen-bond acceptors (Lipinski definition) is 5. The number of aromatic hydroxyl groups is 1. The normalized spacial score (nSPS) is 10.3. The number of aromatic nitrogens is 2. The van der Waals surface area contributed by atoms with Crippen molar-refractivity contribution in [2.24, 2.45) is 0 Å². The van der Waals surface area contributed by atoms with Crippen molar-refractivity contribution in [2.45, 2.75) is 13.5 Å². The van der Waals surface area contributed by atoms with Gasteiger partial charge in [-0.1, -0.05) is 0 Å². The van der Waals surface area contributed by atoms with Crippen molar-refractivity contribution in [1.29, 1.82) is 0 Å². The molecule has 0 aliphatic carbocycles. The molecule has 6 heteroatoms. The monoisotopic (exact) mass is 248 g/mol. The first-order chi connectivity index (χ1) is 8.58. The highest BCUT2D eigenvalue weighted by molar-refractivity contribution is 5.49. The Kier molecular flexibility index (Phi) is 3.27. The summed E-state index contributed by atoms with van der Waals surface area (Å²) in [6, 6.07) is 4.70. The van der Waals surface area contributed by atoms with E-state index in [9.17, 15) is 9.50 Å². The van der Waals surface area contributed by atoms with Crippen LogP contribution < -0.4 is 11.1 Å². The van der Waals surface area contributed by atoms with Gasteiger partial charge in [0, 0.05) is 17.8 Å². The van der Waals surface area contributed by atoms with Crippen molar-refractivity contribution in [3.63, 3.8) is 0 Å². The number of benzene rings is 1. The largest absolute Gasteiger partial charge is 0.508 e. The van der Waals surface area contributed by atoms with Gasteiger partial charge in [0.25, 0.3) is 0 Å². The zero-order valence-electron chi connectivity index (χ0n) is 9.81. The highest BCUT2D eigenvalue weighted by Crippen LogP contribution is 2.21. The molecule has 4 N–H and O–H groups in total. The molecule has 0 unspecified atom stereocenters. The summed E-state index contributed by atoms with van der Waals surface area (Å²) in [4.78, 5) is 7.53. The molecule has 0 atom stereocenters. The maximum atomic E-state index is 13.6. The van der Waals surface area contributed by atoms with E-state index in [1.54, 1.807) is 19.1 Å². The standard InChI is InChI=1S/C12H13FN4O/c1-7-11(13)12(17-6-16-7)15-5-8-4-9(14)2-3-10(8)18/h2-4,6,18H,5,14H2,1H3,(H,15,16,17). The topological polar surface area (TPSA) is 84.1 Å². The van der Waals surface area contributed by atoms with Gasteiger partial charge in [0.05, 0.1) is 5.69 Å². The molecule has 0 spiro atoms. The second-order valence-corrected chi connectivity index (χ2v) is 3.86. The van der Waals surface area contributed by atoms with Gasteiger partial charge >= 0.3 is 0 Å². The van der Waals surface area contributed by atoms with Gasteiger partial charge in [-0.2, -0.15) is 0 Å². The van der Waals surface area contributed by atoms with Crippen LogP contribution in [0.15, 0.2) is 24.5 Å².